The number of amides is 2. The van der Waals surface area contributed by atoms with Crippen molar-refractivity contribution < 1.29 is 18.8 Å². The fourth-order valence-electron chi connectivity index (χ4n) is 4.07. The number of β-lactam (4-membered cyclic amide) rings is 1. The first-order chi connectivity index (χ1) is 15.8. The Bertz CT molecular complexity index is 1040. The van der Waals surface area contributed by atoms with Crippen molar-refractivity contribution in [2.45, 2.75) is 44.1 Å². The molecule has 33 heavy (non-hydrogen) atoms. The highest BCUT2D eigenvalue weighted by molar-refractivity contribution is 6.32. The third-order valence-electron chi connectivity index (χ3n) is 5.62. The maximum Gasteiger partial charge on any atom is 0.417 e. The summed E-state index contributed by atoms with van der Waals surface area (Å²) in [5.74, 6) is -0.342. The van der Waals surface area contributed by atoms with E-state index in [9.17, 15) is 9.59 Å². The van der Waals surface area contributed by atoms with Crippen LogP contribution in [0.25, 0.3) is 0 Å². The van der Waals surface area contributed by atoms with Gasteiger partial charge < -0.3 is 9.16 Å². The lowest BCUT2D eigenvalue weighted by molar-refractivity contribution is -0.161. The summed E-state index contributed by atoms with van der Waals surface area (Å²) >= 11 is 0. The topological polar surface area (TPSA) is 55.8 Å². The maximum atomic E-state index is 13.1. The molecule has 3 aromatic carbocycles. The highest BCUT2D eigenvalue weighted by atomic mass is 28.2. The van der Waals surface area contributed by atoms with Crippen LogP contribution in [0, 0.1) is 0 Å². The standard InChI is InChI=1S/C27H29NO4Si/c1-27(2,3)31-26(30)28-22(19-13-7-4-8-14-19)23(25(28)29)32-33-24(20-15-9-5-10-16-20)21-17-11-6-12-18-21/h4-18,22-24H,33H2,1-3H3/t22-,23+/m0/s1. The van der Waals surface area contributed by atoms with Crippen LogP contribution in [0.3, 0.4) is 0 Å². The molecule has 170 valence electrons. The Kier molecular flexibility index (Phi) is 6.77. The quantitative estimate of drug-likeness (QED) is 0.394. The van der Waals surface area contributed by atoms with E-state index in [1.54, 1.807) is 20.8 Å². The van der Waals surface area contributed by atoms with Crippen LogP contribution in [0.5, 0.6) is 0 Å². The zero-order valence-corrected chi connectivity index (χ0v) is 20.6. The fourth-order valence-corrected chi connectivity index (χ4v) is 5.72. The van der Waals surface area contributed by atoms with Crippen LogP contribution in [-0.4, -0.2) is 38.4 Å². The van der Waals surface area contributed by atoms with Gasteiger partial charge in [0, 0.05) is 5.54 Å². The lowest BCUT2D eigenvalue weighted by Gasteiger charge is -2.45. The second-order valence-electron chi connectivity index (χ2n) is 9.17. The SMILES string of the molecule is CC(C)(C)OC(=O)N1C(=O)[C@H](O[SiH2]C(c2ccccc2)c2ccccc2)[C@@H]1c1ccccc1. The summed E-state index contributed by atoms with van der Waals surface area (Å²) < 4.78 is 11.9. The Morgan fingerprint density at radius 1 is 0.848 bits per heavy atom. The Morgan fingerprint density at radius 3 is 1.82 bits per heavy atom. The second kappa shape index (κ2) is 9.73. The molecule has 1 fully saturated rings. The van der Waals surface area contributed by atoms with Gasteiger partial charge in [0.25, 0.3) is 5.91 Å². The summed E-state index contributed by atoms with van der Waals surface area (Å²) in [7, 11) is -1.23. The molecule has 0 unspecified atom stereocenters. The summed E-state index contributed by atoms with van der Waals surface area (Å²) in [6.45, 7) is 5.37. The highest BCUT2D eigenvalue weighted by Gasteiger charge is 2.53. The first kappa shape index (κ1) is 23.0. The number of ether oxygens (including phenoxy) is 1. The molecule has 1 heterocycles. The summed E-state index contributed by atoms with van der Waals surface area (Å²) in [5.41, 5.74) is 2.61. The molecule has 5 nitrogen and oxygen atoms in total. The number of nitrogens with zero attached hydrogens (tertiary/aromatic N) is 1. The van der Waals surface area contributed by atoms with Crippen LogP contribution in [0.2, 0.25) is 0 Å². The molecule has 1 saturated heterocycles. The molecule has 1 aliphatic heterocycles. The van der Waals surface area contributed by atoms with Crippen molar-refractivity contribution in [1.82, 2.24) is 4.90 Å². The normalized spacial score (nSPS) is 18.5. The third kappa shape index (κ3) is 5.24. The predicted molar refractivity (Wildman–Crippen MR) is 130 cm³/mol. The van der Waals surface area contributed by atoms with Gasteiger partial charge in [-0.2, -0.15) is 0 Å². The Labute approximate surface area is 197 Å². The number of hydrogen-bond donors (Lipinski definition) is 0. The Balaban J connectivity index is 1.58. The number of carbonyl (C=O) groups excluding carboxylic acids is 2. The fraction of sp³-hybridized carbons (Fsp3) is 0.259. The summed E-state index contributed by atoms with van der Waals surface area (Å²) in [5, 5.41) is 0. The van der Waals surface area contributed by atoms with E-state index in [-0.39, 0.29) is 11.4 Å². The van der Waals surface area contributed by atoms with E-state index in [1.165, 1.54) is 16.0 Å². The van der Waals surface area contributed by atoms with Crippen LogP contribution >= 0.6 is 0 Å². The van der Waals surface area contributed by atoms with Gasteiger partial charge in [0.1, 0.15) is 17.7 Å². The molecule has 2 amide bonds. The maximum absolute atomic E-state index is 13.1. The predicted octanol–water partition coefficient (Wildman–Crippen LogP) is 4.76. The monoisotopic (exact) mass is 459 g/mol. The minimum Gasteiger partial charge on any atom is -0.443 e. The van der Waals surface area contributed by atoms with Crippen molar-refractivity contribution in [2.24, 2.45) is 0 Å². The van der Waals surface area contributed by atoms with Gasteiger partial charge in [-0.15, -0.1) is 0 Å². The molecule has 0 N–H and O–H groups in total. The Hall–Kier alpha value is -3.22. The molecular formula is C27H29NO4Si. The van der Waals surface area contributed by atoms with E-state index in [0.29, 0.717) is 0 Å². The van der Waals surface area contributed by atoms with Gasteiger partial charge in [0.15, 0.2) is 9.76 Å². The molecule has 0 spiro atoms. The molecular weight excluding hydrogens is 430 g/mol. The van der Waals surface area contributed by atoms with Crippen molar-refractivity contribution in [2.75, 3.05) is 0 Å². The number of hydrogen-bond acceptors (Lipinski definition) is 4. The zero-order valence-electron chi connectivity index (χ0n) is 19.2. The zero-order chi connectivity index (χ0) is 23.4. The molecule has 0 bridgehead atoms. The number of rotatable bonds is 6. The smallest absolute Gasteiger partial charge is 0.417 e. The molecule has 0 aliphatic carbocycles. The summed E-state index contributed by atoms with van der Waals surface area (Å²) in [4.78, 5) is 27.1. The molecule has 4 rings (SSSR count). The molecule has 0 radical (unpaired) electrons. The first-order valence-corrected chi connectivity index (χ1v) is 12.6. The third-order valence-corrected chi connectivity index (χ3v) is 7.45. The number of benzene rings is 3. The van der Waals surface area contributed by atoms with E-state index >= 15 is 0 Å². The molecule has 3 aromatic rings. The van der Waals surface area contributed by atoms with Crippen molar-refractivity contribution >= 4 is 21.8 Å². The largest absolute Gasteiger partial charge is 0.443 e. The molecule has 2 atom stereocenters. The summed E-state index contributed by atoms with van der Waals surface area (Å²) in [6.07, 6.45) is -1.33. The Morgan fingerprint density at radius 2 is 1.33 bits per heavy atom. The van der Waals surface area contributed by atoms with Crippen molar-refractivity contribution in [3.8, 4) is 0 Å². The molecule has 0 aromatic heterocycles. The minimum atomic E-state index is -1.23. The lowest BCUT2D eigenvalue weighted by Crippen LogP contribution is -2.63. The van der Waals surface area contributed by atoms with E-state index in [2.05, 4.69) is 24.3 Å². The van der Waals surface area contributed by atoms with Crippen molar-refractivity contribution in [3.63, 3.8) is 0 Å². The van der Waals surface area contributed by atoms with Crippen molar-refractivity contribution in [1.29, 1.82) is 0 Å². The van der Waals surface area contributed by atoms with Crippen LogP contribution in [0.4, 0.5) is 4.79 Å². The van der Waals surface area contributed by atoms with Crippen LogP contribution in [0.15, 0.2) is 91.0 Å². The van der Waals surface area contributed by atoms with Crippen LogP contribution < -0.4 is 0 Å². The van der Waals surface area contributed by atoms with Gasteiger partial charge in [-0.25, -0.2) is 9.69 Å². The summed E-state index contributed by atoms with van der Waals surface area (Å²) in [6, 6.07) is 29.5. The number of imide groups is 1. The molecule has 0 saturated carbocycles. The van der Waals surface area contributed by atoms with Crippen LogP contribution in [0.1, 0.15) is 49.0 Å². The van der Waals surface area contributed by atoms with Crippen LogP contribution in [-0.2, 0) is 14.0 Å². The van der Waals surface area contributed by atoms with Crippen molar-refractivity contribution in [3.05, 3.63) is 108 Å². The van der Waals surface area contributed by atoms with E-state index in [4.69, 9.17) is 9.16 Å². The average Bonchev–Trinajstić information content (AvgIpc) is 2.80. The van der Waals surface area contributed by atoms with Gasteiger partial charge in [-0.05, 0) is 37.5 Å². The molecule has 6 heteroatoms. The second-order valence-corrected chi connectivity index (χ2v) is 10.7. The van der Waals surface area contributed by atoms with Gasteiger partial charge in [-0.1, -0.05) is 91.0 Å². The lowest BCUT2D eigenvalue weighted by atomic mass is 9.91. The number of carbonyl (C=O) groups is 2. The van der Waals surface area contributed by atoms with E-state index in [0.717, 1.165) is 5.56 Å². The number of likely N-dealkylation sites (tertiary alicyclic amines) is 1. The van der Waals surface area contributed by atoms with Gasteiger partial charge in [0.05, 0.1) is 0 Å². The molecule has 1 aliphatic rings. The average molecular weight is 460 g/mol. The van der Waals surface area contributed by atoms with Gasteiger partial charge in [-0.3, -0.25) is 4.79 Å². The van der Waals surface area contributed by atoms with Gasteiger partial charge >= 0.3 is 6.09 Å². The minimum absolute atomic E-state index is 0.104. The first-order valence-electron chi connectivity index (χ1n) is 11.2. The van der Waals surface area contributed by atoms with E-state index in [1.807, 2.05) is 66.7 Å². The highest BCUT2D eigenvalue weighted by Crippen LogP contribution is 2.39. The van der Waals surface area contributed by atoms with E-state index < -0.39 is 33.6 Å². The van der Waals surface area contributed by atoms with Gasteiger partial charge in [0.2, 0.25) is 0 Å².